The molecule has 0 aromatic carbocycles. The maximum atomic E-state index is 10.5. The van der Waals surface area contributed by atoms with Gasteiger partial charge in [-0.15, -0.1) is 0 Å². The predicted octanol–water partition coefficient (Wildman–Crippen LogP) is 1.23. The molecular weight excluding hydrogens is 196 g/mol. The normalized spacial score (nSPS) is 12.0. The minimum atomic E-state index is -1.08. The van der Waals surface area contributed by atoms with Crippen molar-refractivity contribution in [1.29, 1.82) is 5.26 Å². The lowest BCUT2D eigenvalue weighted by Crippen LogP contribution is -2.19. The Morgan fingerprint density at radius 1 is 1.73 bits per heavy atom. The third-order valence-electron chi connectivity index (χ3n) is 1.84. The standard InChI is InChI=1S/C10H12N2O3/c1-7(4-11)5-12-6-8-2-3-9(15-8)10(13)14/h2-3,7,12H,5-6H2,1H3,(H,13,14). The SMILES string of the molecule is CC(C#N)CNCc1ccc(C(=O)O)o1. The van der Waals surface area contributed by atoms with Crippen LogP contribution in [0.3, 0.4) is 0 Å². The van der Waals surface area contributed by atoms with Crippen LogP contribution in [0.5, 0.6) is 0 Å². The number of carbonyl (C=O) groups is 1. The minimum Gasteiger partial charge on any atom is -0.475 e. The van der Waals surface area contributed by atoms with Gasteiger partial charge in [-0.05, 0) is 19.1 Å². The highest BCUT2D eigenvalue weighted by molar-refractivity contribution is 5.84. The molecule has 1 atom stereocenters. The monoisotopic (exact) mass is 208 g/mol. The summed E-state index contributed by atoms with van der Waals surface area (Å²) < 4.78 is 5.02. The van der Waals surface area contributed by atoms with Gasteiger partial charge in [-0.3, -0.25) is 0 Å². The molecule has 1 aromatic heterocycles. The second-order valence-electron chi connectivity index (χ2n) is 3.23. The fourth-order valence-electron chi connectivity index (χ4n) is 1.05. The van der Waals surface area contributed by atoms with Crippen molar-refractivity contribution in [2.24, 2.45) is 5.92 Å². The Morgan fingerprint density at radius 2 is 2.47 bits per heavy atom. The molecule has 0 spiro atoms. The third kappa shape index (κ3) is 3.44. The van der Waals surface area contributed by atoms with Crippen LogP contribution in [0, 0.1) is 17.2 Å². The Hall–Kier alpha value is -1.80. The second-order valence-corrected chi connectivity index (χ2v) is 3.23. The molecule has 2 N–H and O–H groups in total. The van der Waals surface area contributed by atoms with E-state index < -0.39 is 5.97 Å². The van der Waals surface area contributed by atoms with Gasteiger partial charge in [0.1, 0.15) is 5.76 Å². The number of hydrogen-bond donors (Lipinski definition) is 2. The van der Waals surface area contributed by atoms with Crippen LogP contribution in [-0.4, -0.2) is 17.6 Å². The van der Waals surface area contributed by atoms with E-state index in [1.807, 2.05) is 0 Å². The molecule has 0 fully saturated rings. The number of nitrogens with one attached hydrogen (secondary N) is 1. The van der Waals surface area contributed by atoms with E-state index in [4.69, 9.17) is 14.8 Å². The molecule has 0 saturated carbocycles. The largest absolute Gasteiger partial charge is 0.475 e. The summed E-state index contributed by atoms with van der Waals surface area (Å²) >= 11 is 0. The highest BCUT2D eigenvalue weighted by Gasteiger charge is 2.08. The van der Waals surface area contributed by atoms with Crippen molar-refractivity contribution >= 4 is 5.97 Å². The summed E-state index contributed by atoms with van der Waals surface area (Å²) in [5, 5.41) is 20.1. The van der Waals surface area contributed by atoms with Gasteiger partial charge in [0.25, 0.3) is 0 Å². The minimum absolute atomic E-state index is 0.0693. The summed E-state index contributed by atoms with van der Waals surface area (Å²) in [6.45, 7) is 2.79. The Bertz CT molecular complexity index is 378. The van der Waals surface area contributed by atoms with Crippen LogP contribution >= 0.6 is 0 Å². The predicted molar refractivity (Wildman–Crippen MR) is 52.2 cm³/mol. The quantitative estimate of drug-likeness (QED) is 0.759. The van der Waals surface area contributed by atoms with Crippen LogP contribution in [-0.2, 0) is 6.54 Å². The molecular formula is C10H12N2O3. The topological polar surface area (TPSA) is 86.3 Å². The van der Waals surface area contributed by atoms with E-state index in [0.29, 0.717) is 18.8 Å². The maximum absolute atomic E-state index is 10.5. The van der Waals surface area contributed by atoms with Gasteiger partial charge >= 0.3 is 5.97 Å². The van der Waals surface area contributed by atoms with Crippen molar-refractivity contribution in [3.8, 4) is 6.07 Å². The first-order chi connectivity index (χ1) is 7.13. The first-order valence-electron chi connectivity index (χ1n) is 4.56. The molecule has 5 nitrogen and oxygen atoms in total. The molecule has 1 rings (SSSR count). The summed E-state index contributed by atoms with van der Waals surface area (Å²) in [5.74, 6) is -0.664. The van der Waals surface area contributed by atoms with E-state index in [9.17, 15) is 4.79 Å². The van der Waals surface area contributed by atoms with Gasteiger partial charge < -0.3 is 14.8 Å². The molecule has 80 valence electrons. The summed E-state index contributed by atoms with van der Waals surface area (Å²) in [5.41, 5.74) is 0. The number of carboxylic acid groups (broad SMARTS) is 1. The van der Waals surface area contributed by atoms with Crippen molar-refractivity contribution in [2.45, 2.75) is 13.5 Å². The Labute approximate surface area is 87.3 Å². The Morgan fingerprint density at radius 3 is 3.00 bits per heavy atom. The zero-order valence-electron chi connectivity index (χ0n) is 8.36. The van der Waals surface area contributed by atoms with Crippen molar-refractivity contribution < 1.29 is 14.3 Å². The number of nitrogens with zero attached hydrogens (tertiary/aromatic N) is 1. The smallest absolute Gasteiger partial charge is 0.371 e. The van der Waals surface area contributed by atoms with E-state index in [0.717, 1.165) is 0 Å². The molecule has 0 radical (unpaired) electrons. The average molecular weight is 208 g/mol. The lowest BCUT2D eigenvalue weighted by molar-refractivity contribution is 0.0660. The van der Waals surface area contributed by atoms with E-state index in [2.05, 4.69) is 11.4 Å². The van der Waals surface area contributed by atoms with Crippen LogP contribution < -0.4 is 5.32 Å². The summed E-state index contributed by atoms with van der Waals surface area (Å²) in [7, 11) is 0. The van der Waals surface area contributed by atoms with Gasteiger partial charge in [-0.25, -0.2) is 4.79 Å². The number of carboxylic acids is 1. The molecule has 0 saturated heterocycles. The zero-order valence-corrected chi connectivity index (χ0v) is 8.36. The molecule has 0 aliphatic rings. The van der Waals surface area contributed by atoms with Crippen LogP contribution in [0.15, 0.2) is 16.5 Å². The number of rotatable bonds is 5. The molecule has 1 unspecified atom stereocenters. The second kappa shape index (κ2) is 5.17. The zero-order chi connectivity index (χ0) is 11.3. The number of nitriles is 1. The third-order valence-corrected chi connectivity index (χ3v) is 1.84. The summed E-state index contributed by atoms with van der Waals surface area (Å²) in [6, 6.07) is 5.10. The fourth-order valence-corrected chi connectivity index (χ4v) is 1.05. The van der Waals surface area contributed by atoms with Crippen molar-refractivity contribution in [3.05, 3.63) is 23.7 Å². The van der Waals surface area contributed by atoms with E-state index >= 15 is 0 Å². The van der Waals surface area contributed by atoms with Crippen molar-refractivity contribution in [1.82, 2.24) is 5.32 Å². The van der Waals surface area contributed by atoms with Crippen molar-refractivity contribution in [3.63, 3.8) is 0 Å². The van der Waals surface area contributed by atoms with Gasteiger partial charge in [-0.1, -0.05) is 0 Å². The summed E-state index contributed by atoms with van der Waals surface area (Å²) in [4.78, 5) is 10.5. The van der Waals surface area contributed by atoms with Gasteiger partial charge in [0.05, 0.1) is 18.5 Å². The highest BCUT2D eigenvalue weighted by atomic mass is 16.4. The Kier molecular flexibility index (Phi) is 3.89. The highest BCUT2D eigenvalue weighted by Crippen LogP contribution is 2.07. The van der Waals surface area contributed by atoms with Crippen molar-refractivity contribution in [2.75, 3.05) is 6.54 Å². The summed E-state index contributed by atoms with van der Waals surface area (Å²) in [6.07, 6.45) is 0. The molecule has 0 aliphatic heterocycles. The lowest BCUT2D eigenvalue weighted by atomic mass is 10.2. The molecule has 0 bridgehead atoms. The van der Waals surface area contributed by atoms with Crippen LogP contribution in [0.2, 0.25) is 0 Å². The molecule has 1 heterocycles. The van der Waals surface area contributed by atoms with Gasteiger partial charge in [0.15, 0.2) is 0 Å². The van der Waals surface area contributed by atoms with Gasteiger partial charge in [0, 0.05) is 6.54 Å². The van der Waals surface area contributed by atoms with E-state index in [-0.39, 0.29) is 11.7 Å². The van der Waals surface area contributed by atoms with Crippen LogP contribution in [0.1, 0.15) is 23.2 Å². The van der Waals surface area contributed by atoms with E-state index in [1.54, 1.807) is 13.0 Å². The molecule has 0 amide bonds. The van der Waals surface area contributed by atoms with Gasteiger partial charge in [0.2, 0.25) is 5.76 Å². The first kappa shape index (κ1) is 11.3. The average Bonchev–Trinajstić information content (AvgIpc) is 2.66. The van der Waals surface area contributed by atoms with Crippen LogP contribution in [0.25, 0.3) is 0 Å². The van der Waals surface area contributed by atoms with Gasteiger partial charge in [-0.2, -0.15) is 5.26 Å². The molecule has 5 heteroatoms. The Balaban J connectivity index is 2.39. The number of aromatic carboxylic acids is 1. The lowest BCUT2D eigenvalue weighted by Gasteiger charge is -2.02. The fraction of sp³-hybridized carbons (Fsp3) is 0.400. The molecule has 0 aliphatic carbocycles. The molecule has 15 heavy (non-hydrogen) atoms. The van der Waals surface area contributed by atoms with E-state index in [1.165, 1.54) is 6.07 Å². The molecule has 1 aromatic rings. The first-order valence-corrected chi connectivity index (χ1v) is 4.56. The number of hydrogen-bond acceptors (Lipinski definition) is 4. The maximum Gasteiger partial charge on any atom is 0.371 e. The van der Waals surface area contributed by atoms with Crippen LogP contribution in [0.4, 0.5) is 0 Å². The number of furan rings is 1.